The van der Waals surface area contributed by atoms with E-state index in [0.717, 1.165) is 17.1 Å². The molecule has 0 aliphatic heterocycles. The number of para-hydroxylation sites is 2. The fraction of sp³-hybridized carbons (Fsp3) is 0.0667. The van der Waals surface area contributed by atoms with Gasteiger partial charge in [-0.3, -0.25) is 4.98 Å². The number of aromatic nitrogens is 2. The molecule has 0 spiro atoms. The summed E-state index contributed by atoms with van der Waals surface area (Å²) in [4.78, 5) is 8.66. The Bertz CT molecular complexity index is 759. The van der Waals surface area contributed by atoms with Crippen molar-refractivity contribution in [3.8, 4) is 0 Å². The fourth-order valence-electron chi connectivity index (χ4n) is 1.91. The van der Waals surface area contributed by atoms with E-state index in [1.165, 1.54) is 12.1 Å². The number of hydrogen-bond donors (Lipinski definition) is 1. The molecule has 0 saturated heterocycles. The molecule has 0 fully saturated rings. The van der Waals surface area contributed by atoms with Crippen LogP contribution in [0.15, 0.2) is 48.7 Å². The zero-order valence-electron chi connectivity index (χ0n) is 10.5. The van der Waals surface area contributed by atoms with Crippen molar-refractivity contribution in [1.82, 2.24) is 9.97 Å². The Morgan fingerprint density at radius 1 is 0.950 bits per heavy atom. The molecule has 20 heavy (non-hydrogen) atoms. The molecule has 0 bridgehead atoms. The minimum absolute atomic E-state index is 0.111. The van der Waals surface area contributed by atoms with Crippen LogP contribution in [0.1, 0.15) is 5.69 Å². The van der Waals surface area contributed by atoms with Gasteiger partial charge in [-0.05, 0) is 24.3 Å². The maximum atomic E-state index is 13.5. The highest BCUT2D eigenvalue weighted by Gasteiger charge is 2.07. The van der Waals surface area contributed by atoms with E-state index in [-0.39, 0.29) is 12.2 Å². The molecular formula is C15H11F2N3. The number of rotatable bonds is 3. The summed E-state index contributed by atoms with van der Waals surface area (Å²) >= 11 is 0. The predicted molar refractivity (Wildman–Crippen MR) is 73.2 cm³/mol. The quantitative estimate of drug-likeness (QED) is 0.792. The van der Waals surface area contributed by atoms with Crippen LogP contribution in [0.5, 0.6) is 0 Å². The normalized spacial score (nSPS) is 10.7. The Balaban J connectivity index is 1.81. The first-order valence-electron chi connectivity index (χ1n) is 6.12. The van der Waals surface area contributed by atoms with E-state index < -0.39 is 11.6 Å². The third-order valence-corrected chi connectivity index (χ3v) is 2.91. The van der Waals surface area contributed by atoms with Gasteiger partial charge >= 0.3 is 0 Å². The monoisotopic (exact) mass is 271 g/mol. The average molecular weight is 271 g/mol. The molecule has 2 aromatic carbocycles. The van der Waals surface area contributed by atoms with Crippen LogP contribution in [0.3, 0.4) is 0 Å². The maximum absolute atomic E-state index is 13.5. The van der Waals surface area contributed by atoms with Gasteiger partial charge < -0.3 is 5.32 Å². The highest BCUT2D eigenvalue weighted by atomic mass is 19.2. The van der Waals surface area contributed by atoms with Gasteiger partial charge in [0, 0.05) is 0 Å². The Labute approximate surface area is 114 Å². The van der Waals surface area contributed by atoms with Crippen molar-refractivity contribution in [2.24, 2.45) is 0 Å². The molecule has 0 radical (unpaired) electrons. The predicted octanol–water partition coefficient (Wildman–Crippen LogP) is 3.52. The van der Waals surface area contributed by atoms with Gasteiger partial charge in [0.1, 0.15) is 0 Å². The number of hydrogen-bond acceptors (Lipinski definition) is 3. The van der Waals surface area contributed by atoms with Crippen molar-refractivity contribution in [3.05, 3.63) is 66.0 Å². The van der Waals surface area contributed by atoms with E-state index in [0.29, 0.717) is 5.69 Å². The standard InChI is InChI=1S/C15H11F2N3/c16-11-4-3-7-14(15(11)17)19-9-10-8-18-12-5-1-2-6-13(12)20-10/h1-8,19H,9H2. The second-order valence-corrected chi connectivity index (χ2v) is 4.30. The van der Waals surface area contributed by atoms with Crippen LogP contribution in [0, 0.1) is 11.6 Å². The summed E-state index contributed by atoms with van der Waals surface area (Å²) in [5.41, 5.74) is 2.34. The molecule has 0 amide bonds. The summed E-state index contributed by atoms with van der Waals surface area (Å²) in [6.07, 6.45) is 1.62. The molecule has 5 heteroatoms. The van der Waals surface area contributed by atoms with Crippen molar-refractivity contribution < 1.29 is 8.78 Å². The summed E-state index contributed by atoms with van der Waals surface area (Å²) in [5.74, 6) is -1.76. The average Bonchev–Trinajstić information content (AvgIpc) is 2.48. The summed E-state index contributed by atoms with van der Waals surface area (Å²) in [7, 11) is 0. The van der Waals surface area contributed by atoms with Crippen molar-refractivity contribution in [2.75, 3.05) is 5.32 Å². The van der Waals surface area contributed by atoms with E-state index in [4.69, 9.17) is 0 Å². The fourth-order valence-corrected chi connectivity index (χ4v) is 1.91. The van der Waals surface area contributed by atoms with E-state index in [1.54, 1.807) is 6.20 Å². The van der Waals surface area contributed by atoms with Crippen molar-refractivity contribution in [2.45, 2.75) is 6.54 Å². The van der Waals surface area contributed by atoms with E-state index in [1.807, 2.05) is 24.3 Å². The minimum atomic E-state index is -0.888. The number of fused-ring (bicyclic) bond motifs is 1. The zero-order chi connectivity index (χ0) is 13.9. The molecule has 100 valence electrons. The summed E-state index contributed by atoms with van der Waals surface area (Å²) in [6.45, 7) is 0.276. The first kappa shape index (κ1) is 12.5. The molecule has 0 saturated carbocycles. The second kappa shape index (κ2) is 5.21. The van der Waals surface area contributed by atoms with Crippen LogP contribution in [0.25, 0.3) is 11.0 Å². The van der Waals surface area contributed by atoms with Crippen LogP contribution in [0.2, 0.25) is 0 Å². The minimum Gasteiger partial charge on any atom is -0.377 e. The second-order valence-electron chi connectivity index (χ2n) is 4.30. The number of benzene rings is 2. The third-order valence-electron chi connectivity index (χ3n) is 2.91. The lowest BCUT2D eigenvalue weighted by Crippen LogP contribution is -2.05. The number of anilines is 1. The highest BCUT2D eigenvalue weighted by Crippen LogP contribution is 2.17. The van der Waals surface area contributed by atoms with Crippen molar-refractivity contribution in [1.29, 1.82) is 0 Å². The summed E-state index contributed by atoms with van der Waals surface area (Å²) < 4.78 is 26.6. The first-order valence-corrected chi connectivity index (χ1v) is 6.12. The lowest BCUT2D eigenvalue weighted by atomic mass is 10.2. The molecule has 3 rings (SSSR count). The molecule has 1 heterocycles. The number of nitrogens with one attached hydrogen (secondary N) is 1. The molecule has 0 unspecified atom stereocenters. The molecule has 0 aliphatic carbocycles. The Hall–Kier alpha value is -2.56. The van der Waals surface area contributed by atoms with Crippen molar-refractivity contribution in [3.63, 3.8) is 0 Å². The van der Waals surface area contributed by atoms with Gasteiger partial charge in [0.05, 0.1) is 35.2 Å². The smallest absolute Gasteiger partial charge is 0.181 e. The van der Waals surface area contributed by atoms with Crippen LogP contribution in [0.4, 0.5) is 14.5 Å². The summed E-state index contributed by atoms with van der Waals surface area (Å²) in [6, 6.07) is 11.5. The van der Waals surface area contributed by atoms with Crippen LogP contribution < -0.4 is 5.32 Å². The third kappa shape index (κ3) is 2.42. The van der Waals surface area contributed by atoms with Crippen LogP contribution in [-0.2, 0) is 6.54 Å². The molecule has 0 aliphatic rings. The van der Waals surface area contributed by atoms with Gasteiger partial charge in [0.25, 0.3) is 0 Å². The molecule has 1 N–H and O–H groups in total. The maximum Gasteiger partial charge on any atom is 0.181 e. The Kier molecular flexibility index (Phi) is 3.25. The SMILES string of the molecule is Fc1cccc(NCc2cnc3ccccc3n2)c1F. The van der Waals surface area contributed by atoms with Gasteiger partial charge in [0.2, 0.25) is 0 Å². The van der Waals surface area contributed by atoms with Gasteiger partial charge in [-0.15, -0.1) is 0 Å². The lowest BCUT2D eigenvalue weighted by Gasteiger charge is -2.07. The van der Waals surface area contributed by atoms with Gasteiger partial charge in [-0.1, -0.05) is 18.2 Å². The molecule has 0 atom stereocenters. The van der Waals surface area contributed by atoms with Gasteiger partial charge in [-0.25, -0.2) is 13.8 Å². The largest absolute Gasteiger partial charge is 0.377 e. The number of nitrogens with zero attached hydrogens (tertiary/aromatic N) is 2. The first-order chi connectivity index (χ1) is 9.74. The van der Waals surface area contributed by atoms with Crippen molar-refractivity contribution >= 4 is 16.7 Å². The van der Waals surface area contributed by atoms with E-state index in [2.05, 4.69) is 15.3 Å². The molecule has 1 aromatic heterocycles. The summed E-state index contributed by atoms with van der Waals surface area (Å²) in [5, 5.41) is 2.82. The van der Waals surface area contributed by atoms with E-state index >= 15 is 0 Å². The zero-order valence-corrected chi connectivity index (χ0v) is 10.5. The lowest BCUT2D eigenvalue weighted by molar-refractivity contribution is 0.511. The van der Waals surface area contributed by atoms with E-state index in [9.17, 15) is 8.78 Å². The van der Waals surface area contributed by atoms with Crippen LogP contribution in [-0.4, -0.2) is 9.97 Å². The highest BCUT2D eigenvalue weighted by molar-refractivity contribution is 5.73. The molecular weight excluding hydrogens is 260 g/mol. The van der Waals surface area contributed by atoms with Gasteiger partial charge in [0.15, 0.2) is 11.6 Å². The Morgan fingerprint density at radius 3 is 2.60 bits per heavy atom. The Morgan fingerprint density at radius 2 is 1.75 bits per heavy atom. The van der Waals surface area contributed by atoms with Crippen LogP contribution >= 0.6 is 0 Å². The molecule has 3 aromatic rings. The number of halogens is 2. The topological polar surface area (TPSA) is 37.8 Å². The molecule has 3 nitrogen and oxygen atoms in total. The van der Waals surface area contributed by atoms with Gasteiger partial charge in [-0.2, -0.15) is 0 Å².